The molecule has 0 radical (unpaired) electrons. The lowest BCUT2D eigenvalue weighted by molar-refractivity contribution is 0.459. The summed E-state index contributed by atoms with van der Waals surface area (Å²) in [5.41, 5.74) is 1.00. The van der Waals surface area contributed by atoms with Crippen molar-refractivity contribution in [2.75, 3.05) is 11.9 Å². The first-order valence-corrected chi connectivity index (χ1v) is 6.97. The minimum Gasteiger partial charge on any atom is -0.437 e. The summed E-state index contributed by atoms with van der Waals surface area (Å²) in [7, 11) is 0. The maximum absolute atomic E-state index is 6.05. The van der Waals surface area contributed by atoms with Crippen molar-refractivity contribution in [2.24, 2.45) is 0 Å². The largest absolute Gasteiger partial charge is 0.437 e. The second kappa shape index (κ2) is 6.21. The van der Waals surface area contributed by atoms with E-state index in [-0.39, 0.29) is 0 Å². The van der Waals surface area contributed by atoms with Crippen molar-refractivity contribution in [3.8, 4) is 11.6 Å². The van der Waals surface area contributed by atoms with Crippen molar-refractivity contribution < 1.29 is 4.74 Å². The molecule has 0 fully saturated rings. The average molecular weight is 343 g/mol. The summed E-state index contributed by atoms with van der Waals surface area (Å²) in [5.74, 6) is 1.54. The Morgan fingerprint density at radius 3 is 2.95 bits per heavy atom. The molecule has 0 saturated heterocycles. The van der Waals surface area contributed by atoms with Gasteiger partial charge in [0.25, 0.3) is 0 Å². The normalized spacial score (nSPS) is 10.3. The summed E-state index contributed by atoms with van der Waals surface area (Å²) in [6.45, 7) is 4.66. The molecule has 2 rings (SSSR count). The summed E-state index contributed by atoms with van der Waals surface area (Å²) in [4.78, 5) is 8.30. The van der Waals surface area contributed by atoms with Gasteiger partial charge in [-0.2, -0.15) is 4.98 Å². The van der Waals surface area contributed by atoms with Gasteiger partial charge < -0.3 is 10.1 Å². The molecule has 0 atom stereocenters. The maximum atomic E-state index is 6.05. The van der Waals surface area contributed by atoms with Crippen molar-refractivity contribution in [3.05, 3.63) is 39.5 Å². The number of nitrogens with zero attached hydrogens (tertiary/aromatic N) is 2. The van der Waals surface area contributed by atoms with Crippen LogP contribution in [-0.4, -0.2) is 16.5 Å². The number of halogens is 2. The number of anilines is 1. The van der Waals surface area contributed by atoms with Gasteiger partial charge >= 0.3 is 0 Å². The fourth-order valence-corrected chi connectivity index (χ4v) is 1.92. The smallest absolute Gasteiger partial charge is 0.243 e. The lowest BCUT2D eigenvalue weighted by Gasteiger charge is -2.10. The standard InChI is InChI=1S/C13H13BrClN3O/c1-3-16-13-17-7-10(15)12(18-13)19-11-6-9(14)5-4-8(11)2/h4-7H,3H2,1-2H3,(H,16,17,18). The first-order chi connectivity index (χ1) is 9.10. The Kier molecular flexibility index (Phi) is 4.61. The van der Waals surface area contributed by atoms with Crippen LogP contribution in [0.25, 0.3) is 0 Å². The molecule has 0 aliphatic rings. The molecule has 0 amide bonds. The van der Waals surface area contributed by atoms with Crippen molar-refractivity contribution in [3.63, 3.8) is 0 Å². The van der Waals surface area contributed by atoms with Gasteiger partial charge in [0.2, 0.25) is 11.8 Å². The summed E-state index contributed by atoms with van der Waals surface area (Å²) in [6.07, 6.45) is 1.52. The zero-order chi connectivity index (χ0) is 13.8. The van der Waals surface area contributed by atoms with Crippen LogP contribution in [0.15, 0.2) is 28.9 Å². The van der Waals surface area contributed by atoms with E-state index >= 15 is 0 Å². The highest BCUT2D eigenvalue weighted by Gasteiger charge is 2.09. The zero-order valence-corrected chi connectivity index (χ0v) is 12.9. The minimum atomic E-state index is 0.341. The lowest BCUT2D eigenvalue weighted by atomic mass is 10.2. The van der Waals surface area contributed by atoms with E-state index in [1.54, 1.807) is 0 Å². The Morgan fingerprint density at radius 1 is 1.42 bits per heavy atom. The predicted molar refractivity (Wildman–Crippen MR) is 80.2 cm³/mol. The SMILES string of the molecule is CCNc1ncc(Cl)c(Oc2cc(Br)ccc2C)n1. The van der Waals surface area contributed by atoms with Crippen molar-refractivity contribution >= 4 is 33.5 Å². The van der Waals surface area contributed by atoms with Crippen LogP contribution in [0.4, 0.5) is 5.95 Å². The molecule has 2 aromatic rings. The quantitative estimate of drug-likeness (QED) is 0.893. The zero-order valence-electron chi connectivity index (χ0n) is 10.6. The lowest BCUT2D eigenvalue weighted by Crippen LogP contribution is -2.03. The van der Waals surface area contributed by atoms with Gasteiger partial charge in [-0.15, -0.1) is 0 Å². The summed E-state index contributed by atoms with van der Waals surface area (Å²) in [6, 6.07) is 5.79. The fourth-order valence-electron chi connectivity index (χ4n) is 1.45. The van der Waals surface area contributed by atoms with E-state index < -0.39 is 0 Å². The van der Waals surface area contributed by atoms with E-state index in [1.165, 1.54) is 6.20 Å². The van der Waals surface area contributed by atoms with Gasteiger partial charge in [0.1, 0.15) is 10.8 Å². The third-order valence-corrected chi connectivity index (χ3v) is 3.16. The van der Waals surface area contributed by atoms with Crippen LogP contribution in [0, 0.1) is 6.92 Å². The monoisotopic (exact) mass is 341 g/mol. The van der Waals surface area contributed by atoms with Crippen LogP contribution in [0.2, 0.25) is 5.02 Å². The fraction of sp³-hybridized carbons (Fsp3) is 0.231. The Balaban J connectivity index is 2.31. The maximum Gasteiger partial charge on any atom is 0.243 e. The van der Waals surface area contributed by atoms with E-state index in [0.29, 0.717) is 22.6 Å². The highest BCUT2D eigenvalue weighted by atomic mass is 79.9. The van der Waals surface area contributed by atoms with Crippen molar-refractivity contribution in [2.45, 2.75) is 13.8 Å². The van der Waals surface area contributed by atoms with Gasteiger partial charge in [-0.1, -0.05) is 33.6 Å². The third-order valence-electron chi connectivity index (χ3n) is 2.40. The number of rotatable bonds is 4. The molecule has 4 nitrogen and oxygen atoms in total. The van der Waals surface area contributed by atoms with E-state index in [4.69, 9.17) is 16.3 Å². The molecule has 0 unspecified atom stereocenters. The third kappa shape index (κ3) is 3.58. The van der Waals surface area contributed by atoms with Crippen LogP contribution >= 0.6 is 27.5 Å². The van der Waals surface area contributed by atoms with Gasteiger partial charge in [-0.25, -0.2) is 4.98 Å². The molecule has 100 valence electrons. The number of aryl methyl sites for hydroxylation is 1. The summed E-state index contributed by atoms with van der Waals surface area (Å²) in [5, 5.41) is 3.39. The second-order valence-corrected chi connectivity index (χ2v) is 5.21. The van der Waals surface area contributed by atoms with Crippen molar-refractivity contribution in [1.29, 1.82) is 0 Å². The second-order valence-electron chi connectivity index (χ2n) is 3.89. The Bertz CT molecular complexity index is 592. The van der Waals surface area contributed by atoms with Crippen LogP contribution in [0.5, 0.6) is 11.6 Å². The number of hydrogen-bond donors (Lipinski definition) is 1. The topological polar surface area (TPSA) is 47.0 Å². The molecule has 1 aromatic carbocycles. The molecule has 1 aromatic heterocycles. The summed E-state index contributed by atoms with van der Waals surface area (Å²) < 4.78 is 6.69. The molecule has 0 aliphatic heterocycles. The molecule has 6 heteroatoms. The number of nitrogens with one attached hydrogen (secondary N) is 1. The molecule has 0 bridgehead atoms. The first kappa shape index (κ1) is 14.1. The van der Waals surface area contributed by atoms with E-state index in [9.17, 15) is 0 Å². The Labute approximate surface area is 125 Å². The van der Waals surface area contributed by atoms with Gasteiger partial charge in [-0.05, 0) is 31.5 Å². The number of ether oxygens (including phenoxy) is 1. The molecule has 1 heterocycles. The van der Waals surface area contributed by atoms with E-state index in [2.05, 4.69) is 31.2 Å². The van der Waals surface area contributed by atoms with E-state index in [0.717, 1.165) is 16.6 Å². The van der Waals surface area contributed by atoms with Crippen LogP contribution in [-0.2, 0) is 0 Å². The Morgan fingerprint density at radius 2 is 2.21 bits per heavy atom. The number of benzene rings is 1. The van der Waals surface area contributed by atoms with Gasteiger partial charge in [0.15, 0.2) is 0 Å². The summed E-state index contributed by atoms with van der Waals surface area (Å²) >= 11 is 9.46. The van der Waals surface area contributed by atoms with Crippen LogP contribution in [0.3, 0.4) is 0 Å². The first-order valence-electron chi connectivity index (χ1n) is 5.80. The predicted octanol–water partition coefficient (Wildman–Crippen LogP) is 4.43. The molecular formula is C13H13BrClN3O. The molecule has 19 heavy (non-hydrogen) atoms. The molecular weight excluding hydrogens is 330 g/mol. The van der Waals surface area contributed by atoms with Gasteiger partial charge in [0, 0.05) is 11.0 Å². The Hall–Kier alpha value is -1.33. The average Bonchev–Trinajstić information content (AvgIpc) is 2.38. The van der Waals surface area contributed by atoms with Crippen LogP contribution in [0.1, 0.15) is 12.5 Å². The van der Waals surface area contributed by atoms with Gasteiger partial charge in [-0.3, -0.25) is 0 Å². The highest BCUT2D eigenvalue weighted by molar-refractivity contribution is 9.10. The number of aromatic nitrogens is 2. The minimum absolute atomic E-state index is 0.341. The molecule has 0 spiro atoms. The van der Waals surface area contributed by atoms with Gasteiger partial charge in [0.05, 0.1) is 6.20 Å². The molecule has 0 aliphatic carbocycles. The van der Waals surface area contributed by atoms with E-state index in [1.807, 2.05) is 32.0 Å². The van der Waals surface area contributed by atoms with Crippen LogP contribution < -0.4 is 10.1 Å². The highest BCUT2D eigenvalue weighted by Crippen LogP contribution is 2.31. The molecule has 1 N–H and O–H groups in total. The van der Waals surface area contributed by atoms with Crippen molar-refractivity contribution in [1.82, 2.24) is 9.97 Å². The molecule has 0 saturated carbocycles. The number of hydrogen-bond acceptors (Lipinski definition) is 4.